The second-order valence-corrected chi connectivity index (χ2v) is 6.59. The molecule has 1 aliphatic rings. The van der Waals surface area contributed by atoms with Crippen molar-refractivity contribution in [2.45, 2.75) is 37.8 Å². The van der Waals surface area contributed by atoms with Crippen molar-refractivity contribution < 1.29 is 9.26 Å². The zero-order valence-electron chi connectivity index (χ0n) is 14.4. The highest BCUT2D eigenvalue weighted by atomic mass is 35.5. The topological polar surface area (TPSA) is 74.2 Å². The molecule has 0 amide bonds. The first-order valence-corrected chi connectivity index (χ1v) is 8.63. The number of nitrogens with zero attached hydrogens (tertiary/aromatic N) is 2. The van der Waals surface area contributed by atoms with E-state index in [1.807, 2.05) is 54.6 Å². The molecule has 4 rings (SSSR count). The van der Waals surface area contributed by atoms with E-state index in [1.165, 1.54) is 0 Å². The van der Waals surface area contributed by atoms with Crippen molar-refractivity contribution in [2.24, 2.45) is 5.73 Å². The third-order valence-electron chi connectivity index (χ3n) is 4.72. The molecule has 3 aromatic rings. The van der Waals surface area contributed by atoms with Crippen LogP contribution < -0.4 is 10.5 Å². The molecule has 0 saturated heterocycles. The van der Waals surface area contributed by atoms with Crippen molar-refractivity contribution in [3.8, 4) is 17.2 Å². The molecule has 5 nitrogen and oxygen atoms in total. The number of aromatic nitrogens is 2. The van der Waals surface area contributed by atoms with Crippen molar-refractivity contribution in [3.63, 3.8) is 0 Å². The van der Waals surface area contributed by atoms with E-state index in [2.05, 4.69) is 10.1 Å². The van der Waals surface area contributed by atoms with Crippen LogP contribution in [0.25, 0.3) is 11.5 Å². The van der Waals surface area contributed by atoms with Gasteiger partial charge in [0.05, 0.1) is 5.54 Å². The van der Waals surface area contributed by atoms with Gasteiger partial charge in [-0.15, -0.1) is 12.4 Å². The Balaban J connectivity index is 0.00000196. The third kappa shape index (κ3) is 3.89. The Morgan fingerprint density at radius 2 is 1.69 bits per heavy atom. The van der Waals surface area contributed by atoms with Gasteiger partial charge in [0.15, 0.2) is 5.82 Å². The second kappa shape index (κ2) is 7.89. The Morgan fingerprint density at radius 1 is 1.00 bits per heavy atom. The zero-order chi connectivity index (χ0) is 17.1. The molecule has 1 heterocycles. The number of rotatable bonds is 5. The van der Waals surface area contributed by atoms with E-state index in [0.717, 1.165) is 42.6 Å². The van der Waals surface area contributed by atoms with Gasteiger partial charge in [-0.3, -0.25) is 0 Å². The summed E-state index contributed by atoms with van der Waals surface area (Å²) in [6.45, 7) is 0.542. The number of hydrogen-bond donors (Lipinski definition) is 1. The lowest BCUT2D eigenvalue weighted by atomic mass is 9.99. The summed E-state index contributed by atoms with van der Waals surface area (Å²) in [6.07, 6.45) is 4.07. The summed E-state index contributed by atoms with van der Waals surface area (Å²) >= 11 is 0. The van der Waals surface area contributed by atoms with Crippen molar-refractivity contribution in [3.05, 3.63) is 66.0 Å². The van der Waals surface area contributed by atoms with Crippen molar-refractivity contribution in [1.82, 2.24) is 10.1 Å². The normalized spacial score (nSPS) is 15.4. The summed E-state index contributed by atoms with van der Waals surface area (Å²) < 4.78 is 11.2. The first-order valence-electron chi connectivity index (χ1n) is 8.63. The van der Waals surface area contributed by atoms with E-state index in [9.17, 15) is 0 Å². The molecule has 136 valence electrons. The summed E-state index contributed by atoms with van der Waals surface area (Å²) in [5.74, 6) is 1.92. The summed E-state index contributed by atoms with van der Waals surface area (Å²) in [5, 5.41) is 4.10. The minimum Gasteiger partial charge on any atom is -0.489 e. The highest BCUT2D eigenvalue weighted by molar-refractivity contribution is 5.85. The van der Waals surface area contributed by atoms with E-state index >= 15 is 0 Å². The molecule has 0 atom stereocenters. The van der Waals surface area contributed by atoms with Gasteiger partial charge in [-0.25, -0.2) is 0 Å². The van der Waals surface area contributed by atoms with Crippen LogP contribution in [0, 0.1) is 0 Å². The molecule has 0 unspecified atom stereocenters. The van der Waals surface area contributed by atoms with Gasteiger partial charge in [-0.05, 0) is 42.7 Å². The van der Waals surface area contributed by atoms with E-state index in [1.54, 1.807) is 0 Å². The number of hydrogen-bond acceptors (Lipinski definition) is 5. The number of benzene rings is 2. The monoisotopic (exact) mass is 371 g/mol. The summed E-state index contributed by atoms with van der Waals surface area (Å²) in [6, 6.07) is 17.8. The minimum atomic E-state index is -0.430. The van der Waals surface area contributed by atoms with Crippen LogP contribution in [0.5, 0.6) is 5.75 Å². The fourth-order valence-electron chi connectivity index (χ4n) is 3.21. The minimum absolute atomic E-state index is 0. The van der Waals surface area contributed by atoms with Crippen LogP contribution in [0.4, 0.5) is 0 Å². The molecular formula is C20H22ClN3O2. The molecule has 1 fully saturated rings. The van der Waals surface area contributed by atoms with E-state index in [-0.39, 0.29) is 12.4 Å². The number of nitrogens with two attached hydrogens (primary N) is 1. The predicted molar refractivity (Wildman–Crippen MR) is 102 cm³/mol. The van der Waals surface area contributed by atoms with Crippen molar-refractivity contribution >= 4 is 12.4 Å². The summed E-state index contributed by atoms with van der Waals surface area (Å²) in [7, 11) is 0. The highest BCUT2D eigenvalue weighted by Gasteiger charge is 2.36. The van der Waals surface area contributed by atoms with Crippen molar-refractivity contribution in [1.29, 1.82) is 0 Å². The number of ether oxygens (including phenoxy) is 1. The summed E-state index contributed by atoms with van der Waals surface area (Å²) in [4.78, 5) is 4.51. The molecule has 1 saturated carbocycles. The standard InChI is InChI=1S/C20H21N3O2.ClH/c21-20(12-4-5-13-20)19-22-18(25-23-19)16-8-10-17(11-9-16)24-14-15-6-2-1-3-7-15;/h1-3,6-11H,4-5,12-14,21H2;1H. The maximum Gasteiger partial charge on any atom is 0.257 e. The molecular weight excluding hydrogens is 350 g/mol. The number of halogens is 1. The quantitative estimate of drug-likeness (QED) is 0.716. The van der Waals surface area contributed by atoms with Gasteiger partial charge in [-0.2, -0.15) is 4.98 Å². The largest absolute Gasteiger partial charge is 0.489 e. The Morgan fingerprint density at radius 3 is 2.38 bits per heavy atom. The first kappa shape index (κ1) is 18.4. The molecule has 2 N–H and O–H groups in total. The van der Waals surface area contributed by atoms with Crippen LogP contribution in [0.15, 0.2) is 59.1 Å². The van der Waals surface area contributed by atoms with Crippen LogP contribution in [0.3, 0.4) is 0 Å². The van der Waals surface area contributed by atoms with Crippen LogP contribution in [-0.2, 0) is 12.1 Å². The van der Waals surface area contributed by atoms with Crippen LogP contribution >= 0.6 is 12.4 Å². The zero-order valence-corrected chi connectivity index (χ0v) is 15.2. The lowest BCUT2D eigenvalue weighted by Gasteiger charge is -2.17. The maximum absolute atomic E-state index is 6.39. The average molecular weight is 372 g/mol. The lowest BCUT2D eigenvalue weighted by molar-refractivity contribution is 0.306. The highest BCUT2D eigenvalue weighted by Crippen LogP contribution is 2.35. The predicted octanol–water partition coefficient (Wildman–Crippen LogP) is 4.47. The van der Waals surface area contributed by atoms with Gasteiger partial charge in [0.1, 0.15) is 12.4 Å². The SMILES string of the molecule is Cl.NC1(c2noc(-c3ccc(OCc4ccccc4)cc3)n2)CCCC1. The Bertz CT molecular complexity index is 828. The molecule has 0 radical (unpaired) electrons. The van der Waals surface area contributed by atoms with E-state index in [0.29, 0.717) is 18.3 Å². The van der Waals surface area contributed by atoms with Gasteiger partial charge in [0.2, 0.25) is 0 Å². The molecule has 0 bridgehead atoms. The van der Waals surface area contributed by atoms with Crippen molar-refractivity contribution in [2.75, 3.05) is 0 Å². The second-order valence-electron chi connectivity index (χ2n) is 6.59. The molecule has 0 spiro atoms. The molecule has 0 aliphatic heterocycles. The van der Waals surface area contributed by atoms with Gasteiger partial charge in [-0.1, -0.05) is 48.3 Å². The third-order valence-corrected chi connectivity index (χ3v) is 4.72. The molecule has 26 heavy (non-hydrogen) atoms. The fourth-order valence-corrected chi connectivity index (χ4v) is 3.21. The lowest BCUT2D eigenvalue weighted by Crippen LogP contribution is -2.34. The Kier molecular flexibility index (Phi) is 5.59. The molecule has 1 aromatic heterocycles. The average Bonchev–Trinajstić information content (AvgIpc) is 3.32. The van der Waals surface area contributed by atoms with Crippen LogP contribution in [-0.4, -0.2) is 10.1 Å². The van der Waals surface area contributed by atoms with E-state index < -0.39 is 5.54 Å². The van der Waals surface area contributed by atoms with Gasteiger partial charge in [0.25, 0.3) is 5.89 Å². The summed E-state index contributed by atoms with van der Waals surface area (Å²) in [5.41, 5.74) is 7.96. The van der Waals surface area contributed by atoms with Gasteiger partial charge < -0.3 is 15.0 Å². The molecule has 2 aromatic carbocycles. The maximum atomic E-state index is 6.39. The smallest absolute Gasteiger partial charge is 0.257 e. The molecule has 1 aliphatic carbocycles. The van der Waals surface area contributed by atoms with E-state index in [4.69, 9.17) is 15.0 Å². The first-order chi connectivity index (χ1) is 12.2. The Labute approximate surface area is 159 Å². The van der Waals surface area contributed by atoms with Gasteiger partial charge >= 0.3 is 0 Å². The van der Waals surface area contributed by atoms with Crippen LogP contribution in [0.1, 0.15) is 37.1 Å². The fraction of sp³-hybridized carbons (Fsp3) is 0.300. The van der Waals surface area contributed by atoms with Gasteiger partial charge in [0, 0.05) is 5.56 Å². The Hall–Kier alpha value is -2.37. The van der Waals surface area contributed by atoms with Crippen LogP contribution in [0.2, 0.25) is 0 Å². The molecule has 6 heteroatoms.